The lowest BCUT2D eigenvalue weighted by Gasteiger charge is -2.11. The summed E-state index contributed by atoms with van der Waals surface area (Å²) in [5.41, 5.74) is 3.42. The van der Waals surface area contributed by atoms with Crippen molar-refractivity contribution < 1.29 is 0 Å². The maximum Gasteiger partial charge on any atom is 0.161 e. The summed E-state index contributed by atoms with van der Waals surface area (Å²) >= 11 is 2.32. The van der Waals surface area contributed by atoms with Gasteiger partial charge in [-0.2, -0.15) is 0 Å². The molecule has 0 saturated carbocycles. The second-order valence-corrected chi connectivity index (χ2v) is 5.60. The fourth-order valence-electron chi connectivity index (χ4n) is 1.97. The van der Waals surface area contributed by atoms with Crippen molar-refractivity contribution in [3.05, 3.63) is 39.1 Å². The van der Waals surface area contributed by atoms with Crippen LogP contribution in [0.2, 0.25) is 0 Å². The van der Waals surface area contributed by atoms with E-state index < -0.39 is 0 Å². The van der Waals surface area contributed by atoms with E-state index in [-0.39, 0.29) is 0 Å². The highest BCUT2D eigenvalue weighted by Crippen LogP contribution is 2.25. The van der Waals surface area contributed by atoms with Crippen LogP contribution in [0.5, 0.6) is 0 Å². The Kier molecular flexibility index (Phi) is 4.74. The molecule has 2 aromatic rings. The topological polar surface area (TPSA) is 37.8 Å². The van der Waals surface area contributed by atoms with Crippen LogP contribution in [-0.2, 0) is 6.42 Å². The van der Waals surface area contributed by atoms with Crippen LogP contribution in [0, 0.1) is 10.5 Å². The van der Waals surface area contributed by atoms with Crippen molar-refractivity contribution in [3.63, 3.8) is 0 Å². The van der Waals surface area contributed by atoms with Gasteiger partial charge in [0, 0.05) is 12.6 Å². The van der Waals surface area contributed by atoms with E-state index in [4.69, 9.17) is 4.98 Å². The van der Waals surface area contributed by atoms with E-state index in [1.165, 1.54) is 5.56 Å². The van der Waals surface area contributed by atoms with Crippen molar-refractivity contribution in [1.29, 1.82) is 0 Å². The Morgan fingerprint density at radius 2 is 2.05 bits per heavy atom. The Hall–Kier alpha value is -1.17. The van der Waals surface area contributed by atoms with E-state index >= 15 is 0 Å². The molecule has 0 bridgehead atoms. The minimum Gasteiger partial charge on any atom is -0.372 e. The molecule has 0 aliphatic heterocycles. The van der Waals surface area contributed by atoms with Crippen LogP contribution in [0.1, 0.15) is 24.6 Å². The number of nitrogens with zero attached hydrogens (tertiary/aromatic N) is 2. The van der Waals surface area contributed by atoms with Gasteiger partial charge in [-0.3, -0.25) is 0 Å². The van der Waals surface area contributed by atoms with E-state index in [1.807, 2.05) is 13.1 Å². The highest BCUT2D eigenvalue weighted by atomic mass is 127. The van der Waals surface area contributed by atoms with Gasteiger partial charge in [-0.25, -0.2) is 9.97 Å². The number of nitrogens with one attached hydrogen (secondary N) is 1. The molecule has 0 saturated heterocycles. The van der Waals surface area contributed by atoms with Gasteiger partial charge in [-0.1, -0.05) is 37.1 Å². The van der Waals surface area contributed by atoms with Crippen molar-refractivity contribution in [3.8, 4) is 11.4 Å². The molecule has 1 aromatic heterocycles. The Labute approximate surface area is 128 Å². The molecular formula is C15H18IN3. The van der Waals surface area contributed by atoms with E-state index in [0.29, 0.717) is 0 Å². The van der Waals surface area contributed by atoms with Crippen molar-refractivity contribution >= 4 is 28.4 Å². The molecule has 0 radical (unpaired) electrons. The van der Waals surface area contributed by atoms with Crippen LogP contribution < -0.4 is 5.32 Å². The minimum atomic E-state index is 0.803. The van der Waals surface area contributed by atoms with Crippen molar-refractivity contribution in [2.75, 3.05) is 12.4 Å². The van der Waals surface area contributed by atoms with Gasteiger partial charge in [0.05, 0.1) is 9.26 Å². The summed E-state index contributed by atoms with van der Waals surface area (Å²) in [6.07, 6.45) is 2.07. The van der Waals surface area contributed by atoms with Crippen molar-refractivity contribution in [2.45, 2.75) is 26.7 Å². The molecule has 0 atom stereocenters. The number of anilines is 1. The number of benzene rings is 1. The average Bonchev–Trinajstić information content (AvgIpc) is 2.41. The Morgan fingerprint density at radius 1 is 1.26 bits per heavy atom. The summed E-state index contributed by atoms with van der Waals surface area (Å²) in [6, 6.07) is 8.31. The Balaban J connectivity index is 2.54. The smallest absolute Gasteiger partial charge is 0.161 e. The third kappa shape index (κ3) is 3.23. The first-order chi connectivity index (χ1) is 9.15. The van der Waals surface area contributed by atoms with Crippen molar-refractivity contribution in [2.24, 2.45) is 0 Å². The summed E-state index contributed by atoms with van der Waals surface area (Å²) in [4.78, 5) is 9.34. The Bertz CT molecular complexity index is 582. The molecule has 1 heterocycles. The van der Waals surface area contributed by atoms with Crippen LogP contribution in [-0.4, -0.2) is 17.0 Å². The van der Waals surface area contributed by atoms with Gasteiger partial charge in [0.25, 0.3) is 0 Å². The van der Waals surface area contributed by atoms with Gasteiger partial charge >= 0.3 is 0 Å². The first kappa shape index (κ1) is 14.2. The van der Waals surface area contributed by atoms with Gasteiger partial charge < -0.3 is 5.32 Å². The molecule has 100 valence electrons. The number of rotatable bonds is 4. The van der Waals surface area contributed by atoms with Crippen LogP contribution in [0.3, 0.4) is 0 Å². The molecule has 0 unspecified atom stereocenters. The first-order valence-corrected chi connectivity index (χ1v) is 7.54. The number of aromatic nitrogens is 2. The predicted molar refractivity (Wildman–Crippen MR) is 88.5 cm³/mol. The SMILES string of the molecule is CCCc1nc(-c2cccc(C)c2)nc(NC)c1I. The fourth-order valence-corrected chi connectivity index (χ4v) is 2.76. The summed E-state index contributed by atoms with van der Waals surface area (Å²) in [6.45, 7) is 4.26. The van der Waals surface area contributed by atoms with Gasteiger partial charge in [0.1, 0.15) is 5.82 Å². The standard InChI is InChI=1S/C15H18IN3/c1-4-6-12-13(16)15(17-3)19-14(18-12)11-8-5-7-10(2)9-11/h5,7-9H,4,6H2,1-3H3,(H,17,18,19). The lowest BCUT2D eigenvalue weighted by Crippen LogP contribution is -2.05. The highest BCUT2D eigenvalue weighted by molar-refractivity contribution is 14.1. The van der Waals surface area contributed by atoms with Gasteiger partial charge in [-0.15, -0.1) is 0 Å². The second-order valence-electron chi connectivity index (χ2n) is 4.53. The van der Waals surface area contributed by atoms with E-state index in [0.717, 1.165) is 39.3 Å². The minimum absolute atomic E-state index is 0.803. The molecule has 0 aliphatic rings. The first-order valence-electron chi connectivity index (χ1n) is 6.47. The molecule has 3 nitrogen and oxygen atoms in total. The van der Waals surface area contributed by atoms with E-state index in [1.54, 1.807) is 0 Å². The largest absolute Gasteiger partial charge is 0.372 e. The Morgan fingerprint density at radius 3 is 2.68 bits per heavy atom. The maximum absolute atomic E-state index is 4.72. The van der Waals surface area contributed by atoms with Gasteiger partial charge in [-0.05, 0) is 42.0 Å². The number of hydrogen-bond acceptors (Lipinski definition) is 3. The monoisotopic (exact) mass is 367 g/mol. The lowest BCUT2D eigenvalue weighted by molar-refractivity contribution is 0.868. The summed E-state index contributed by atoms with van der Waals surface area (Å²) in [7, 11) is 1.90. The highest BCUT2D eigenvalue weighted by Gasteiger charge is 2.12. The lowest BCUT2D eigenvalue weighted by atomic mass is 10.1. The molecular weight excluding hydrogens is 349 g/mol. The molecule has 0 amide bonds. The number of aryl methyl sites for hydroxylation is 2. The third-order valence-electron chi connectivity index (χ3n) is 2.92. The summed E-state index contributed by atoms with van der Waals surface area (Å²) in [5.74, 6) is 1.72. The molecule has 1 N–H and O–H groups in total. The zero-order valence-electron chi connectivity index (χ0n) is 11.5. The van der Waals surface area contributed by atoms with Crippen LogP contribution in [0.25, 0.3) is 11.4 Å². The van der Waals surface area contributed by atoms with E-state index in [2.05, 4.69) is 64.9 Å². The molecule has 0 spiro atoms. The van der Waals surface area contributed by atoms with Crippen LogP contribution >= 0.6 is 22.6 Å². The number of halogens is 1. The average molecular weight is 367 g/mol. The van der Waals surface area contributed by atoms with E-state index in [9.17, 15) is 0 Å². The van der Waals surface area contributed by atoms with Gasteiger partial charge in [0.2, 0.25) is 0 Å². The zero-order valence-corrected chi connectivity index (χ0v) is 13.7. The zero-order chi connectivity index (χ0) is 13.8. The second kappa shape index (κ2) is 6.32. The molecule has 19 heavy (non-hydrogen) atoms. The van der Waals surface area contributed by atoms with Crippen LogP contribution in [0.4, 0.5) is 5.82 Å². The molecule has 4 heteroatoms. The summed E-state index contributed by atoms with van der Waals surface area (Å²) in [5, 5.41) is 3.16. The van der Waals surface area contributed by atoms with Gasteiger partial charge in [0.15, 0.2) is 5.82 Å². The quantitative estimate of drug-likeness (QED) is 0.829. The molecule has 0 aliphatic carbocycles. The molecule has 2 rings (SSSR count). The van der Waals surface area contributed by atoms with Crippen LogP contribution in [0.15, 0.2) is 24.3 Å². The molecule has 0 fully saturated rings. The molecule has 1 aromatic carbocycles. The normalized spacial score (nSPS) is 10.5. The fraction of sp³-hybridized carbons (Fsp3) is 0.333. The maximum atomic E-state index is 4.72. The predicted octanol–water partition coefficient (Wildman–Crippen LogP) is 4.05. The number of hydrogen-bond donors (Lipinski definition) is 1. The third-order valence-corrected chi connectivity index (χ3v) is 4.05. The van der Waals surface area contributed by atoms with Crippen molar-refractivity contribution in [1.82, 2.24) is 9.97 Å². The summed E-state index contributed by atoms with van der Waals surface area (Å²) < 4.78 is 1.12.